The predicted molar refractivity (Wildman–Crippen MR) is 74.9 cm³/mol. The monoisotopic (exact) mass is 273 g/mol. The van der Waals surface area contributed by atoms with Crippen molar-refractivity contribution >= 4 is 34.2 Å². The van der Waals surface area contributed by atoms with E-state index in [9.17, 15) is 4.79 Å². The molecule has 1 aromatic carbocycles. The van der Waals surface area contributed by atoms with Crippen molar-refractivity contribution in [3.63, 3.8) is 0 Å². The van der Waals surface area contributed by atoms with Gasteiger partial charge < -0.3 is 9.72 Å². The molecule has 0 radical (unpaired) electrons. The van der Waals surface area contributed by atoms with Crippen molar-refractivity contribution in [2.24, 2.45) is 0 Å². The average molecular weight is 273 g/mol. The van der Waals surface area contributed by atoms with E-state index in [1.807, 2.05) is 29.6 Å². The van der Waals surface area contributed by atoms with Crippen LogP contribution in [0.25, 0.3) is 11.0 Å². The molecule has 0 aliphatic heterocycles. The molecule has 19 heavy (non-hydrogen) atoms. The highest BCUT2D eigenvalue weighted by Crippen LogP contribution is 2.25. The number of thiophene rings is 1. The second-order valence-corrected chi connectivity index (χ2v) is 4.79. The number of hydrogen-bond donors (Lipinski definition) is 2. The summed E-state index contributed by atoms with van der Waals surface area (Å²) in [7, 11) is 1.54. The number of anilines is 1. The zero-order valence-electron chi connectivity index (χ0n) is 10.1. The number of fused-ring (bicyclic) bond motifs is 1. The highest BCUT2D eigenvalue weighted by Gasteiger charge is 2.15. The Morgan fingerprint density at radius 2 is 2.21 bits per heavy atom. The first kappa shape index (κ1) is 11.7. The molecule has 0 saturated carbocycles. The molecule has 1 amide bonds. The van der Waals surface area contributed by atoms with Gasteiger partial charge in [-0.15, -0.1) is 11.3 Å². The summed E-state index contributed by atoms with van der Waals surface area (Å²) in [4.78, 5) is 20.0. The number of benzene rings is 1. The molecule has 3 aromatic rings. The van der Waals surface area contributed by atoms with Crippen LogP contribution in [0.1, 0.15) is 9.67 Å². The summed E-state index contributed by atoms with van der Waals surface area (Å²) < 4.78 is 5.12. The predicted octanol–water partition coefficient (Wildman–Crippen LogP) is 2.89. The number of para-hydroxylation sites is 2. The van der Waals surface area contributed by atoms with Crippen LogP contribution in [0.4, 0.5) is 5.95 Å². The molecule has 0 atom stereocenters. The lowest BCUT2D eigenvalue weighted by Crippen LogP contribution is -2.12. The van der Waals surface area contributed by atoms with Crippen LogP contribution in [0, 0.1) is 0 Å². The van der Waals surface area contributed by atoms with Crippen molar-refractivity contribution in [2.45, 2.75) is 0 Å². The van der Waals surface area contributed by atoms with Crippen molar-refractivity contribution in [3.05, 3.63) is 40.6 Å². The smallest absolute Gasteiger partial charge is 0.271 e. The number of ether oxygens (including phenoxy) is 1. The Bertz CT molecular complexity index is 699. The maximum Gasteiger partial charge on any atom is 0.271 e. The third-order valence-electron chi connectivity index (χ3n) is 2.68. The topological polar surface area (TPSA) is 67.0 Å². The molecule has 0 spiro atoms. The van der Waals surface area contributed by atoms with Crippen molar-refractivity contribution in [1.82, 2.24) is 9.97 Å². The largest absolute Gasteiger partial charge is 0.495 e. The molecule has 0 saturated heterocycles. The summed E-state index contributed by atoms with van der Waals surface area (Å²) in [5.74, 6) is 0.770. The number of carbonyl (C=O) groups is 1. The number of nitrogens with zero attached hydrogens (tertiary/aromatic N) is 1. The SMILES string of the molecule is COc1ccsc1C(=O)Nc1nc2ccccc2[nH]1. The zero-order valence-corrected chi connectivity index (χ0v) is 11.0. The Kier molecular flexibility index (Phi) is 2.92. The average Bonchev–Trinajstić information content (AvgIpc) is 3.03. The Morgan fingerprint density at radius 3 is 3.00 bits per heavy atom. The number of methoxy groups -OCH3 is 1. The van der Waals surface area contributed by atoms with Crippen LogP contribution in [-0.2, 0) is 0 Å². The van der Waals surface area contributed by atoms with Crippen molar-refractivity contribution < 1.29 is 9.53 Å². The van der Waals surface area contributed by atoms with E-state index in [0.717, 1.165) is 11.0 Å². The van der Waals surface area contributed by atoms with Gasteiger partial charge in [-0.2, -0.15) is 0 Å². The van der Waals surface area contributed by atoms with Crippen LogP contribution in [0.2, 0.25) is 0 Å². The van der Waals surface area contributed by atoms with Crippen LogP contribution >= 0.6 is 11.3 Å². The van der Waals surface area contributed by atoms with Crippen LogP contribution in [0.5, 0.6) is 5.75 Å². The molecule has 0 unspecified atom stereocenters. The molecule has 0 fully saturated rings. The van der Waals surface area contributed by atoms with Gasteiger partial charge >= 0.3 is 0 Å². The number of amides is 1. The van der Waals surface area contributed by atoms with Crippen LogP contribution in [-0.4, -0.2) is 23.0 Å². The van der Waals surface area contributed by atoms with Gasteiger partial charge in [-0.25, -0.2) is 4.98 Å². The number of H-pyrrole nitrogens is 1. The first-order chi connectivity index (χ1) is 9.28. The van der Waals surface area contributed by atoms with Crippen LogP contribution in [0.3, 0.4) is 0 Å². The van der Waals surface area contributed by atoms with Gasteiger partial charge in [0.25, 0.3) is 5.91 Å². The first-order valence-electron chi connectivity index (χ1n) is 5.65. The number of hydrogen-bond acceptors (Lipinski definition) is 4. The molecule has 3 rings (SSSR count). The minimum Gasteiger partial charge on any atom is -0.495 e. The molecule has 6 heteroatoms. The second kappa shape index (κ2) is 4.74. The van der Waals surface area contributed by atoms with E-state index in [4.69, 9.17) is 4.74 Å². The number of aromatic amines is 1. The first-order valence-corrected chi connectivity index (χ1v) is 6.53. The van der Waals surface area contributed by atoms with Gasteiger partial charge in [0.05, 0.1) is 18.1 Å². The third-order valence-corrected chi connectivity index (χ3v) is 3.57. The normalized spacial score (nSPS) is 10.6. The van der Waals surface area contributed by atoms with Gasteiger partial charge in [0, 0.05) is 0 Å². The summed E-state index contributed by atoms with van der Waals surface area (Å²) >= 11 is 1.33. The molecule has 5 nitrogen and oxygen atoms in total. The summed E-state index contributed by atoms with van der Waals surface area (Å²) in [6, 6.07) is 9.36. The molecule has 2 aromatic heterocycles. The van der Waals surface area contributed by atoms with Gasteiger partial charge in [0.2, 0.25) is 5.95 Å². The number of imidazole rings is 1. The van der Waals surface area contributed by atoms with E-state index in [0.29, 0.717) is 16.6 Å². The number of nitrogens with one attached hydrogen (secondary N) is 2. The van der Waals surface area contributed by atoms with Crippen LogP contribution < -0.4 is 10.1 Å². The molecule has 2 N–H and O–H groups in total. The lowest BCUT2D eigenvalue weighted by molar-refractivity contribution is 0.102. The molecule has 2 heterocycles. The van der Waals surface area contributed by atoms with E-state index in [1.165, 1.54) is 11.3 Å². The fraction of sp³-hybridized carbons (Fsp3) is 0.0769. The highest BCUT2D eigenvalue weighted by atomic mass is 32.1. The summed E-state index contributed by atoms with van der Waals surface area (Å²) in [6.45, 7) is 0. The Morgan fingerprint density at radius 1 is 1.37 bits per heavy atom. The standard InChI is InChI=1S/C13H11N3O2S/c1-18-10-6-7-19-11(10)12(17)16-13-14-8-4-2-3-5-9(8)15-13/h2-7H,1H3,(H2,14,15,16,17). The molecule has 0 aliphatic rings. The van der Waals surface area contributed by atoms with E-state index in [1.54, 1.807) is 13.2 Å². The van der Waals surface area contributed by atoms with Crippen molar-refractivity contribution in [1.29, 1.82) is 0 Å². The van der Waals surface area contributed by atoms with Gasteiger partial charge in [-0.05, 0) is 23.6 Å². The fourth-order valence-electron chi connectivity index (χ4n) is 1.80. The molecular formula is C13H11N3O2S. The molecule has 0 aliphatic carbocycles. The molecular weight excluding hydrogens is 262 g/mol. The maximum absolute atomic E-state index is 12.1. The summed E-state index contributed by atoms with van der Waals surface area (Å²) in [6.07, 6.45) is 0. The molecule has 0 bridgehead atoms. The maximum atomic E-state index is 12.1. The van der Waals surface area contributed by atoms with Gasteiger partial charge in [0.15, 0.2) is 0 Å². The summed E-state index contributed by atoms with van der Waals surface area (Å²) in [5.41, 5.74) is 1.70. The number of aromatic nitrogens is 2. The fourth-order valence-corrected chi connectivity index (χ4v) is 2.55. The number of carbonyl (C=O) groups excluding carboxylic acids is 1. The minimum absolute atomic E-state index is 0.231. The van der Waals surface area contributed by atoms with Gasteiger partial charge in [-0.3, -0.25) is 10.1 Å². The molecule has 96 valence electrons. The third kappa shape index (κ3) is 2.17. The number of rotatable bonds is 3. The second-order valence-electron chi connectivity index (χ2n) is 3.87. The van der Waals surface area contributed by atoms with E-state index in [-0.39, 0.29) is 5.91 Å². The minimum atomic E-state index is -0.231. The quantitative estimate of drug-likeness (QED) is 0.771. The van der Waals surface area contributed by atoms with Crippen molar-refractivity contribution in [2.75, 3.05) is 12.4 Å². The highest BCUT2D eigenvalue weighted by molar-refractivity contribution is 7.12. The van der Waals surface area contributed by atoms with E-state index in [2.05, 4.69) is 15.3 Å². The Labute approximate surface area is 113 Å². The van der Waals surface area contributed by atoms with Gasteiger partial charge in [-0.1, -0.05) is 12.1 Å². The lowest BCUT2D eigenvalue weighted by Gasteiger charge is -2.02. The van der Waals surface area contributed by atoms with E-state index < -0.39 is 0 Å². The van der Waals surface area contributed by atoms with Crippen LogP contribution in [0.15, 0.2) is 35.7 Å². The Hall–Kier alpha value is -2.34. The van der Waals surface area contributed by atoms with E-state index >= 15 is 0 Å². The zero-order chi connectivity index (χ0) is 13.2. The van der Waals surface area contributed by atoms with Gasteiger partial charge in [0.1, 0.15) is 10.6 Å². The Balaban J connectivity index is 1.86. The lowest BCUT2D eigenvalue weighted by atomic mass is 10.3. The summed E-state index contributed by atoms with van der Waals surface area (Å²) in [5, 5.41) is 4.55. The van der Waals surface area contributed by atoms with Crippen molar-refractivity contribution in [3.8, 4) is 5.75 Å².